The van der Waals surface area contributed by atoms with E-state index in [9.17, 15) is 18.5 Å². The van der Waals surface area contributed by atoms with E-state index in [1.54, 1.807) is 6.92 Å². The van der Waals surface area contributed by atoms with E-state index in [0.717, 1.165) is 19.3 Å². The van der Waals surface area contributed by atoms with Crippen molar-refractivity contribution in [3.8, 4) is 0 Å². The summed E-state index contributed by atoms with van der Waals surface area (Å²) in [5.41, 5.74) is -0.457. The molecule has 0 aliphatic heterocycles. The smallest absolute Gasteiger partial charge is 0.358 e. The third-order valence-corrected chi connectivity index (χ3v) is 5.40. The van der Waals surface area contributed by atoms with Crippen LogP contribution in [0.3, 0.4) is 0 Å². The van der Waals surface area contributed by atoms with E-state index in [2.05, 4.69) is 9.82 Å². The van der Waals surface area contributed by atoms with Crippen LogP contribution in [-0.2, 0) is 16.6 Å². The molecule has 1 heterocycles. The molecule has 0 saturated heterocycles. The minimum absolute atomic E-state index is 0.357. The minimum Gasteiger partial charge on any atom is -0.358 e. The summed E-state index contributed by atoms with van der Waals surface area (Å²) < 4.78 is 28.6. The van der Waals surface area contributed by atoms with Gasteiger partial charge in [0.05, 0.1) is 17.8 Å². The van der Waals surface area contributed by atoms with Crippen LogP contribution in [-0.4, -0.2) is 28.7 Å². The van der Waals surface area contributed by atoms with Crippen molar-refractivity contribution in [2.75, 3.05) is 0 Å². The lowest BCUT2D eigenvalue weighted by Gasteiger charge is -2.41. The molecule has 112 valence electrons. The van der Waals surface area contributed by atoms with E-state index >= 15 is 0 Å². The maximum atomic E-state index is 12.4. The number of nitrogens with zero attached hydrogens (tertiary/aromatic N) is 3. The van der Waals surface area contributed by atoms with Gasteiger partial charge < -0.3 is 10.1 Å². The predicted octanol–water partition coefficient (Wildman–Crippen LogP) is 1.42. The maximum absolute atomic E-state index is 12.4. The number of sulfonamides is 1. The fraction of sp³-hybridized carbons (Fsp3) is 0.727. The van der Waals surface area contributed by atoms with E-state index in [4.69, 9.17) is 0 Å². The standard InChI is InChI=1S/C11H18N4O4S/c1-3-11(6-5-7-11)13-20(18,19)9-8-14(4-2)12-10(9)15(16)17/h8,13H,3-7H2,1-2H3. The molecule has 0 radical (unpaired) electrons. The predicted molar refractivity (Wildman–Crippen MR) is 71.7 cm³/mol. The second-order valence-electron chi connectivity index (χ2n) is 5.02. The highest BCUT2D eigenvalue weighted by molar-refractivity contribution is 7.89. The van der Waals surface area contributed by atoms with Crippen LogP contribution < -0.4 is 4.72 Å². The number of aryl methyl sites for hydroxylation is 1. The molecule has 1 N–H and O–H groups in total. The van der Waals surface area contributed by atoms with Crippen LogP contribution in [0.2, 0.25) is 0 Å². The third kappa shape index (κ3) is 2.55. The van der Waals surface area contributed by atoms with Gasteiger partial charge in [0.15, 0.2) is 0 Å². The Bertz CT molecular complexity index is 613. The average Bonchev–Trinajstić information content (AvgIpc) is 2.79. The van der Waals surface area contributed by atoms with E-state index in [1.165, 1.54) is 10.9 Å². The summed E-state index contributed by atoms with van der Waals surface area (Å²) in [6, 6.07) is 0. The van der Waals surface area contributed by atoms with Crippen LogP contribution in [0.1, 0.15) is 39.5 Å². The van der Waals surface area contributed by atoms with Crippen LogP contribution >= 0.6 is 0 Å². The lowest BCUT2D eigenvalue weighted by Crippen LogP contribution is -2.52. The molecule has 0 atom stereocenters. The van der Waals surface area contributed by atoms with Crippen molar-refractivity contribution in [2.45, 2.75) is 56.5 Å². The van der Waals surface area contributed by atoms with Crippen molar-refractivity contribution >= 4 is 15.8 Å². The number of nitrogens with one attached hydrogen (secondary N) is 1. The summed E-state index contributed by atoms with van der Waals surface area (Å²) in [4.78, 5) is 9.83. The first-order valence-electron chi connectivity index (χ1n) is 6.59. The highest BCUT2D eigenvalue weighted by Gasteiger charge is 2.42. The highest BCUT2D eigenvalue weighted by Crippen LogP contribution is 2.36. The van der Waals surface area contributed by atoms with Crippen molar-refractivity contribution in [3.63, 3.8) is 0 Å². The number of nitro groups is 1. The van der Waals surface area contributed by atoms with Crippen molar-refractivity contribution in [3.05, 3.63) is 16.3 Å². The van der Waals surface area contributed by atoms with Gasteiger partial charge >= 0.3 is 5.82 Å². The first kappa shape index (κ1) is 14.9. The number of hydrogen-bond acceptors (Lipinski definition) is 5. The van der Waals surface area contributed by atoms with Gasteiger partial charge in [-0.05, 0) is 37.5 Å². The molecule has 1 aliphatic carbocycles. The molecule has 1 aromatic rings. The van der Waals surface area contributed by atoms with E-state index in [1.807, 2.05) is 6.92 Å². The van der Waals surface area contributed by atoms with Crippen LogP contribution in [0.5, 0.6) is 0 Å². The molecule has 20 heavy (non-hydrogen) atoms. The zero-order chi connectivity index (χ0) is 15.0. The van der Waals surface area contributed by atoms with Gasteiger partial charge in [0, 0.05) is 5.54 Å². The SMILES string of the molecule is CCn1cc(S(=O)(=O)NC2(CC)CCC2)c([N+](=O)[O-])n1. The molecular formula is C11H18N4O4S. The summed E-state index contributed by atoms with van der Waals surface area (Å²) in [6.07, 6.45) is 4.37. The fourth-order valence-corrected chi connectivity index (χ4v) is 3.99. The Labute approximate surface area is 117 Å². The highest BCUT2D eigenvalue weighted by atomic mass is 32.2. The Morgan fingerprint density at radius 3 is 2.55 bits per heavy atom. The van der Waals surface area contributed by atoms with Gasteiger partial charge in [-0.2, -0.15) is 4.68 Å². The third-order valence-electron chi connectivity index (χ3n) is 3.83. The summed E-state index contributed by atoms with van der Waals surface area (Å²) in [6.45, 7) is 4.01. The van der Waals surface area contributed by atoms with Gasteiger partial charge in [-0.15, -0.1) is 0 Å². The molecule has 8 nitrogen and oxygen atoms in total. The number of hydrogen-bond donors (Lipinski definition) is 1. The van der Waals surface area contributed by atoms with Gasteiger partial charge in [-0.25, -0.2) is 13.1 Å². The first-order valence-corrected chi connectivity index (χ1v) is 8.08. The monoisotopic (exact) mass is 302 g/mol. The van der Waals surface area contributed by atoms with Crippen molar-refractivity contribution in [1.29, 1.82) is 0 Å². The Hall–Kier alpha value is -1.48. The van der Waals surface area contributed by atoms with E-state index in [-0.39, 0.29) is 4.90 Å². The van der Waals surface area contributed by atoms with E-state index < -0.39 is 26.3 Å². The summed E-state index contributed by atoms with van der Waals surface area (Å²) >= 11 is 0. The zero-order valence-electron chi connectivity index (χ0n) is 11.5. The summed E-state index contributed by atoms with van der Waals surface area (Å²) in [5.74, 6) is -0.620. The molecule has 2 rings (SSSR count). The van der Waals surface area contributed by atoms with Gasteiger partial charge in [0.2, 0.25) is 4.90 Å². The second-order valence-corrected chi connectivity index (χ2v) is 6.67. The van der Waals surface area contributed by atoms with Crippen LogP contribution in [0.15, 0.2) is 11.1 Å². The first-order chi connectivity index (χ1) is 9.33. The average molecular weight is 302 g/mol. The molecule has 1 saturated carbocycles. The van der Waals surface area contributed by atoms with Crippen LogP contribution in [0.4, 0.5) is 5.82 Å². The quantitative estimate of drug-likeness (QED) is 0.631. The minimum atomic E-state index is -3.93. The maximum Gasteiger partial charge on any atom is 0.410 e. The molecule has 1 fully saturated rings. The molecule has 1 aliphatic rings. The number of aromatic nitrogens is 2. The Kier molecular flexibility index (Phi) is 3.83. The molecule has 1 aromatic heterocycles. The van der Waals surface area contributed by atoms with Gasteiger partial charge in [-0.3, -0.25) is 0 Å². The topological polar surface area (TPSA) is 107 Å². The lowest BCUT2D eigenvalue weighted by atomic mass is 9.76. The Balaban J connectivity index is 2.38. The molecule has 0 amide bonds. The lowest BCUT2D eigenvalue weighted by molar-refractivity contribution is -0.392. The Morgan fingerprint density at radius 1 is 1.50 bits per heavy atom. The van der Waals surface area contributed by atoms with Gasteiger partial charge in [0.25, 0.3) is 10.0 Å². The largest absolute Gasteiger partial charge is 0.410 e. The normalized spacial score (nSPS) is 17.7. The molecular weight excluding hydrogens is 284 g/mol. The Morgan fingerprint density at radius 2 is 2.15 bits per heavy atom. The van der Waals surface area contributed by atoms with Gasteiger partial charge in [0.1, 0.15) is 0 Å². The van der Waals surface area contributed by atoms with Gasteiger partial charge in [-0.1, -0.05) is 6.92 Å². The van der Waals surface area contributed by atoms with E-state index in [0.29, 0.717) is 13.0 Å². The molecule has 9 heteroatoms. The van der Waals surface area contributed by atoms with Crippen molar-refractivity contribution < 1.29 is 13.3 Å². The summed E-state index contributed by atoms with van der Waals surface area (Å²) in [5, 5.41) is 14.6. The zero-order valence-corrected chi connectivity index (χ0v) is 12.3. The number of rotatable bonds is 6. The van der Waals surface area contributed by atoms with Crippen molar-refractivity contribution in [1.82, 2.24) is 14.5 Å². The van der Waals surface area contributed by atoms with Crippen LogP contribution in [0.25, 0.3) is 0 Å². The second kappa shape index (κ2) is 5.13. The summed E-state index contributed by atoms with van der Waals surface area (Å²) in [7, 11) is -3.93. The molecule has 0 spiro atoms. The molecule has 0 unspecified atom stereocenters. The molecule has 0 aromatic carbocycles. The fourth-order valence-electron chi connectivity index (χ4n) is 2.34. The molecule has 0 bridgehead atoms. The van der Waals surface area contributed by atoms with Crippen LogP contribution in [0, 0.1) is 10.1 Å². The van der Waals surface area contributed by atoms with Crippen molar-refractivity contribution in [2.24, 2.45) is 0 Å².